The summed E-state index contributed by atoms with van der Waals surface area (Å²) in [4.78, 5) is 23.2. The molecule has 2 aliphatic heterocycles. The highest BCUT2D eigenvalue weighted by atomic mass is 32.2. The first-order chi connectivity index (χ1) is 16.5. The number of thioether (sulfide) groups is 1. The van der Waals surface area contributed by atoms with E-state index in [2.05, 4.69) is 42.6 Å². The lowest BCUT2D eigenvalue weighted by molar-refractivity contribution is 0.0443. The predicted octanol–water partition coefficient (Wildman–Crippen LogP) is 2.07. The molecule has 2 aromatic heterocycles. The van der Waals surface area contributed by atoms with Gasteiger partial charge in [-0.1, -0.05) is 17.7 Å². The monoisotopic (exact) mass is 488 g/mol. The van der Waals surface area contributed by atoms with Crippen LogP contribution in [0.1, 0.15) is 28.2 Å². The van der Waals surface area contributed by atoms with Crippen molar-refractivity contribution in [1.29, 1.82) is 0 Å². The molecule has 0 saturated carbocycles. The summed E-state index contributed by atoms with van der Waals surface area (Å²) in [5, 5.41) is 7.09. The van der Waals surface area contributed by atoms with E-state index in [0.717, 1.165) is 13.1 Å². The maximum Gasteiger partial charge on any atom is 0.280 e. The normalized spacial score (nSPS) is 15.8. The van der Waals surface area contributed by atoms with Crippen molar-refractivity contribution >= 4 is 22.8 Å². The summed E-state index contributed by atoms with van der Waals surface area (Å²) >= 11 is 1.33. The highest BCUT2D eigenvalue weighted by Gasteiger charge is 2.22. The first kappa shape index (κ1) is 23.9. The predicted molar refractivity (Wildman–Crippen MR) is 124 cm³/mol. The van der Waals surface area contributed by atoms with E-state index in [1.165, 1.54) is 37.3 Å². The van der Waals surface area contributed by atoms with E-state index in [4.69, 9.17) is 9.47 Å². The molecule has 0 unspecified atom stereocenters. The van der Waals surface area contributed by atoms with Gasteiger partial charge in [0.15, 0.2) is 5.17 Å². The van der Waals surface area contributed by atoms with Crippen LogP contribution in [0.2, 0.25) is 0 Å². The summed E-state index contributed by atoms with van der Waals surface area (Å²) < 4.78 is 37.5. The highest BCUT2D eigenvalue weighted by molar-refractivity contribution is 8.14. The van der Waals surface area contributed by atoms with Gasteiger partial charge >= 0.3 is 0 Å². The third kappa shape index (κ3) is 5.80. The Kier molecular flexibility index (Phi) is 7.89. The van der Waals surface area contributed by atoms with Gasteiger partial charge in [-0.15, -0.1) is 0 Å². The van der Waals surface area contributed by atoms with Gasteiger partial charge in [0.05, 0.1) is 44.5 Å². The summed E-state index contributed by atoms with van der Waals surface area (Å²) in [6, 6.07) is 2.81. The average molecular weight is 489 g/mol. The maximum absolute atomic E-state index is 13.4. The van der Waals surface area contributed by atoms with E-state index >= 15 is 0 Å². The van der Waals surface area contributed by atoms with Crippen molar-refractivity contribution < 1.29 is 23.0 Å². The minimum Gasteiger partial charge on any atom is -0.494 e. The molecule has 0 aliphatic carbocycles. The minimum absolute atomic E-state index is 0.165. The Morgan fingerprint density at radius 2 is 2.12 bits per heavy atom. The van der Waals surface area contributed by atoms with Gasteiger partial charge in [0.2, 0.25) is 0 Å². The highest BCUT2D eigenvalue weighted by Crippen LogP contribution is 2.34. The Labute approximate surface area is 199 Å². The van der Waals surface area contributed by atoms with Gasteiger partial charge in [0.1, 0.15) is 17.1 Å². The Morgan fingerprint density at radius 3 is 2.82 bits per heavy atom. The second-order valence-corrected chi connectivity index (χ2v) is 8.20. The Morgan fingerprint density at radius 1 is 1.29 bits per heavy atom. The zero-order valence-corrected chi connectivity index (χ0v) is 19.1. The number of amides is 1. The number of rotatable bonds is 5. The summed E-state index contributed by atoms with van der Waals surface area (Å²) in [5.41, 5.74) is 3.52. The quantitative estimate of drug-likeness (QED) is 0.617. The van der Waals surface area contributed by atoms with E-state index in [1.54, 1.807) is 6.07 Å². The molecule has 1 amide bonds. The van der Waals surface area contributed by atoms with Crippen molar-refractivity contribution in [2.75, 3.05) is 45.8 Å². The number of methoxy groups -OCH3 is 1. The van der Waals surface area contributed by atoms with Crippen molar-refractivity contribution in [2.24, 2.45) is 5.10 Å². The van der Waals surface area contributed by atoms with E-state index in [9.17, 15) is 13.6 Å². The van der Waals surface area contributed by atoms with Crippen LogP contribution in [-0.4, -0.2) is 71.8 Å². The lowest BCUT2D eigenvalue weighted by Crippen LogP contribution is -2.36. The fourth-order valence-electron chi connectivity index (χ4n) is 3.35. The molecule has 178 valence electrons. The van der Waals surface area contributed by atoms with Gasteiger partial charge < -0.3 is 9.47 Å². The Balaban J connectivity index is 1.71. The van der Waals surface area contributed by atoms with Gasteiger partial charge in [0, 0.05) is 30.4 Å². The second-order valence-electron chi connectivity index (χ2n) is 7.23. The third-order valence-corrected chi connectivity index (χ3v) is 5.81. The molecule has 0 atom stereocenters. The SMILES string of the molecule is COc1cnc(C(F)F)cc1-c1cc(C#CCN2CCOCC2)ncc1C(=O)NC1=NNCS1. The second kappa shape index (κ2) is 11.2. The number of amidine groups is 1. The van der Waals surface area contributed by atoms with Crippen LogP contribution in [-0.2, 0) is 4.74 Å². The maximum atomic E-state index is 13.4. The number of hydrazone groups is 1. The molecular weight excluding hydrogens is 466 g/mol. The van der Waals surface area contributed by atoms with E-state index in [0.29, 0.717) is 42.1 Å². The number of morpholine rings is 1. The summed E-state index contributed by atoms with van der Waals surface area (Å²) in [7, 11) is 1.40. The number of hydrogen-bond acceptors (Lipinski definition) is 9. The number of carbonyl (C=O) groups is 1. The lowest BCUT2D eigenvalue weighted by Gasteiger charge is -2.24. The number of halogens is 2. The van der Waals surface area contributed by atoms with E-state index in [1.807, 2.05) is 0 Å². The number of nitrogens with one attached hydrogen (secondary N) is 2. The number of aromatic nitrogens is 2. The fourth-order valence-corrected chi connectivity index (χ4v) is 3.91. The largest absolute Gasteiger partial charge is 0.494 e. The van der Waals surface area contributed by atoms with E-state index < -0.39 is 18.0 Å². The topological polar surface area (TPSA) is 101 Å². The summed E-state index contributed by atoms with van der Waals surface area (Å²) in [5.74, 6) is 6.37. The van der Waals surface area contributed by atoms with Crippen LogP contribution in [0.4, 0.5) is 8.78 Å². The molecule has 0 spiro atoms. The van der Waals surface area contributed by atoms with Gasteiger partial charge in [-0.3, -0.25) is 25.4 Å². The Hall–Kier alpha value is -3.27. The molecule has 2 aromatic rings. The molecule has 0 bridgehead atoms. The molecule has 1 fully saturated rings. The molecule has 12 heteroatoms. The molecule has 2 aliphatic rings. The van der Waals surface area contributed by atoms with E-state index in [-0.39, 0.29) is 16.9 Å². The van der Waals surface area contributed by atoms with Crippen molar-refractivity contribution in [1.82, 2.24) is 25.6 Å². The number of carbonyl (C=O) groups excluding carboxylic acids is 1. The minimum atomic E-state index is -2.79. The number of hydrogen-bond donors (Lipinski definition) is 2. The van der Waals surface area contributed by atoms with Crippen LogP contribution in [0, 0.1) is 11.8 Å². The smallest absolute Gasteiger partial charge is 0.280 e. The third-order valence-electron chi connectivity index (χ3n) is 5.07. The van der Waals surface area contributed by atoms with Crippen molar-refractivity contribution in [3.05, 3.63) is 41.5 Å². The van der Waals surface area contributed by atoms with Crippen LogP contribution in [0.25, 0.3) is 11.1 Å². The van der Waals surface area contributed by atoms with Crippen molar-refractivity contribution in [2.45, 2.75) is 6.43 Å². The van der Waals surface area contributed by atoms with Gasteiger partial charge in [-0.2, -0.15) is 5.10 Å². The van der Waals surface area contributed by atoms with Crippen LogP contribution < -0.4 is 15.5 Å². The lowest BCUT2D eigenvalue weighted by atomic mass is 9.99. The molecule has 2 N–H and O–H groups in total. The number of alkyl halides is 2. The molecule has 0 radical (unpaired) electrons. The van der Waals surface area contributed by atoms with Crippen molar-refractivity contribution in [3.63, 3.8) is 0 Å². The van der Waals surface area contributed by atoms with Gasteiger partial charge in [-0.25, -0.2) is 13.8 Å². The molecule has 4 heterocycles. The summed E-state index contributed by atoms with van der Waals surface area (Å²) in [6.45, 7) is 3.48. The molecule has 1 saturated heterocycles. The first-order valence-electron chi connectivity index (χ1n) is 10.4. The van der Waals surface area contributed by atoms with Gasteiger partial charge in [-0.05, 0) is 18.1 Å². The fraction of sp³-hybridized carbons (Fsp3) is 0.364. The standard InChI is InChI=1S/C22H22F2N6O3S/c1-32-19-12-26-18(20(23)24)10-16(19)15-9-14(3-2-4-30-5-7-33-8-6-30)25-11-17(15)21(31)28-22-29-27-13-34-22/h9-12,20,27H,4-8,13H2,1H3,(H,28,29,31). The molecule has 4 rings (SSSR count). The first-order valence-corrected chi connectivity index (χ1v) is 11.4. The van der Waals surface area contributed by atoms with Crippen LogP contribution in [0.5, 0.6) is 5.75 Å². The zero-order chi connectivity index (χ0) is 23.9. The average Bonchev–Trinajstić information content (AvgIpc) is 3.37. The van der Waals surface area contributed by atoms with Crippen LogP contribution >= 0.6 is 11.8 Å². The number of nitrogens with zero attached hydrogens (tertiary/aromatic N) is 4. The van der Waals surface area contributed by atoms with Crippen molar-refractivity contribution in [3.8, 4) is 28.7 Å². The zero-order valence-electron chi connectivity index (χ0n) is 18.3. The van der Waals surface area contributed by atoms with Crippen LogP contribution in [0.3, 0.4) is 0 Å². The number of pyridine rings is 2. The summed E-state index contributed by atoms with van der Waals surface area (Å²) in [6.07, 6.45) is -0.200. The number of ether oxygens (including phenoxy) is 2. The van der Waals surface area contributed by atoms with Gasteiger partial charge in [0.25, 0.3) is 12.3 Å². The molecule has 9 nitrogen and oxygen atoms in total. The molecular formula is C22H22F2N6O3S. The molecule has 0 aromatic carbocycles. The molecule has 34 heavy (non-hydrogen) atoms. The Bertz CT molecular complexity index is 1150. The van der Waals surface area contributed by atoms with Crippen LogP contribution in [0.15, 0.2) is 29.6 Å².